The molecule has 18 heteroatoms. The SMILES string of the molecule is C=C(C)C(=O)OCCOC(=O)NCC1(C)CC(NC(=O)OC2COC3C(OC(=O)NC4CC(C)(C)CC(C)(NC(=O)OCCOC(=O)C(=C)C)C4)COC23)CC(C)(C)C1. The first kappa shape index (κ1) is 47.1. The minimum absolute atomic E-state index is 0.0530. The van der Waals surface area contributed by atoms with Crippen molar-refractivity contribution in [1.29, 1.82) is 0 Å². The molecule has 2 saturated heterocycles. The third-order valence-corrected chi connectivity index (χ3v) is 10.8. The molecule has 18 nitrogen and oxygen atoms in total. The maximum Gasteiger partial charge on any atom is 0.407 e. The van der Waals surface area contributed by atoms with E-state index in [2.05, 4.69) is 48.3 Å². The molecule has 0 spiro atoms. The summed E-state index contributed by atoms with van der Waals surface area (Å²) in [4.78, 5) is 74.5. The van der Waals surface area contributed by atoms with Crippen molar-refractivity contribution in [3.63, 3.8) is 0 Å². The zero-order chi connectivity index (χ0) is 43.8. The molecule has 4 amide bonds. The van der Waals surface area contributed by atoms with Crippen molar-refractivity contribution in [2.45, 2.75) is 136 Å². The number of carbonyl (C=O) groups excluding carboxylic acids is 6. The molecule has 2 aliphatic carbocycles. The molecule has 2 saturated carbocycles. The molecular formula is C41H64N4O14. The highest BCUT2D eigenvalue weighted by Gasteiger charge is 2.52. The average molecular weight is 837 g/mol. The van der Waals surface area contributed by atoms with Crippen LogP contribution in [0.4, 0.5) is 19.2 Å². The summed E-state index contributed by atoms with van der Waals surface area (Å²) in [7, 11) is 0. The van der Waals surface area contributed by atoms with Crippen molar-refractivity contribution in [1.82, 2.24) is 21.3 Å². The van der Waals surface area contributed by atoms with Gasteiger partial charge in [0.25, 0.3) is 0 Å². The second-order valence-electron chi connectivity index (χ2n) is 18.6. The van der Waals surface area contributed by atoms with Crippen molar-refractivity contribution >= 4 is 36.3 Å². The maximum absolute atomic E-state index is 13.2. The molecule has 8 unspecified atom stereocenters. The fraction of sp³-hybridized carbons (Fsp3) is 0.756. The van der Waals surface area contributed by atoms with Gasteiger partial charge in [-0.1, -0.05) is 47.8 Å². The molecule has 0 aromatic heterocycles. The molecule has 0 aromatic carbocycles. The van der Waals surface area contributed by atoms with Crippen molar-refractivity contribution in [2.75, 3.05) is 46.2 Å². The Balaban J connectivity index is 1.21. The van der Waals surface area contributed by atoms with Gasteiger partial charge in [-0.05, 0) is 75.5 Å². The van der Waals surface area contributed by atoms with E-state index in [-0.39, 0.29) is 79.1 Å². The number of hydrogen-bond acceptors (Lipinski definition) is 14. The molecule has 2 heterocycles. The first-order chi connectivity index (χ1) is 27.5. The first-order valence-corrected chi connectivity index (χ1v) is 20.1. The van der Waals surface area contributed by atoms with E-state index in [1.165, 1.54) is 13.8 Å². The van der Waals surface area contributed by atoms with E-state index in [9.17, 15) is 28.8 Å². The minimum Gasteiger partial charge on any atom is -0.459 e. The standard InChI is InChI=1S/C41H64N4O14/c1-24(2)32(46)52-11-13-54-34(48)42-23-40(9)17-26(15-38(5,6)21-40)43-35(49)58-28-19-56-31-29(20-57-30(28)31)59-36(50)44-27-16-39(7,8)22-41(10,18-27)45-37(51)55-14-12-53-33(47)25(3)4/h26-31H,1,3,11-23H2,2,4-10H3,(H,42,48)(H,43,49)(H,44,50)(H,45,51). The summed E-state index contributed by atoms with van der Waals surface area (Å²) in [5.74, 6) is -1.12. The lowest BCUT2D eigenvalue weighted by atomic mass is 9.62. The normalized spacial score (nSPS) is 30.3. The highest BCUT2D eigenvalue weighted by Crippen LogP contribution is 2.46. The first-order valence-electron chi connectivity index (χ1n) is 20.1. The molecule has 4 N–H and O–H groups in total. The fourth-order valence-corrected chi connectivity index (χ4v) is 9.26. The molecule has 0 bridgehead atoms. The van der Waals surface area contributed by atoms with E-state index < -0.39 is 66.3 Å². The van der Waals surface area contributed by atoms with Gasteiger partial charge in [-0.25, -0.2) is 28.8 Å². The Bertz CT molecular complexity index is 1600. The summed E-state index contributed by atoms with van der Waals surface area (Å²) in [6.07, 6.45) is -1.60. The van der Waals surface area contributed by atoms with E-state index in [0.29, 0.717) is 38.6 Å². The molecule has 8 atom stereocenters. The van der Waals surface area contributed by atoms with E-state index in [0.717, 1.165) is 6.42 Å². The predicted molar refractivity (Wildman–Crippen MR) is 211 cm³/mol. The van der Waals surface area contributed by atoms with Gasteiger partial charge in [-0.3, -0.25) is 0 Å². The zero-order valence-corrected chi connectivity index (χ0v) is 35.8. The molecule has 4 rings (SSSR count). The van der Waals surface area contributed by atoms with Gasteiger partial charge in [0, 0.05) is 35.3 Å². The third-order valence-electron chi connectivity index (χ3n) is 10.8. The van der Waals surface area contributed by atoms with E-state index >= 15 is 0 Å². The van der Waals surface area contributed by atoms with Crippen LogP contribution >= 0.6 is 0 Å². The number of ether oxygens (including phenoxy) is 8. The molecule has 2 aliphatic heterocycles. The molecular weight excluding hydrogens is 772 g/mol. The Morgan fingerprint density at radius 1 is 0.593 bits per heavy atom. The van der Waals surface area contributed by atoms with Gasteiger partial charge < -0.3 is 59.2 Å². The van der Waals surface area contributed by atoms with Crippen molar-refractivity contribution in [3.05, 3.63) is 24.3 Å². The van der Waals surface area contributed by atoms with Crippen LogP contribution in [0.5, 0.6) is 0 Å². The highest BCUT2D eigenvalue weighted by atomic mass is 16.7. The van der Waals surface area contributed by atoms with E-state index in [4.69, 9.17) is 37.9 Å². The van der Waals surface area contributed by atoms with E-state index in [1.807, 2.05) is 27.7 Å². The second-order valence-corrected chi connectivity index (χ2v) is 18.6. The summed E-state index contributed by atoms with van der Waals surface area (Å²) in [6.45, 7) is 22.3. The lowest BCUT2D eigenvalue weighted by Gasteiger charge is -2.46. The lowest BCUT2D eigenvalue weighted by molar-refractivity contribution is -0.140. The lowest BCUT2D eigenvalue weighted by Crippen LogP contribution is -2.57. The number of rotatable bonds is 15. The quantitative estimate of drug-likeness (QED) is 0.0767. The van der Waals surface area contributed by atoms with Crippen LogP contribution in [0.2, 0.25) is 0 Å². The summed E-state index contributed by atoms with van der Waals surface area (Å²) in [6, 6.07) is -0.583. The highest BCUT2D eigenvalue weighted by molar-refractivity contribution is 5.87. The molecule has 332 valence electrons. The van der Waals surface area contributed by atoms with Gasteiger partial charge in [-0.2, -0.15) is 0 Å². The minimum atomic E-state index is -0.739. The van der Waals surface area contributed by atoms with E-state index in [1.54, 1.807) is 0 Å². The van der Waals surface area contributed by atoms with Gasteiger partial charge in [0.15, 0.2) is 12.2 Å². The molecule has 59 heavy (non-hydrogen) atoms. The Labute approximate surface area is 346 Å². The Kier molecular flexibility index (Phi) is 15.7. The van der Waals surface area contributed by atoms with Crippen LogP contribution in [0, 0.1) is 16.2 Å². The van der Waals surface area contributed by atoms with Crippen molar-refractivity contribution < 1.29 is 66.7 Å². The number of alkyl carbamates (subject to hydrolysis) is 4. The van der Waals surface area contributed by atoms with Gasteiger partial charge in [0.05, 0.1) is 13.2 Å². The van der Waals surface area contributed by atoms with Crippen molar-refractivity contribution in [2.24, 2.45) is 16.2 Å². The number of esters is 2. The average Bonchev–Trinajstić information content (AvgIpc) is 3.67. The summed E-state index contributed by atoms with van der Waals surface area (Å²) >= 11 is 0. The molecule has 0 aromatic rings. The summed E-state index contributed by atoms with van der Waals surface area (Å²) < 4.78 is 43.7. The largest absolute Gasteiger partial charge is 0.459 e. The Morgan fingerprint density at radius 3 is 1.53 bits per heavy atom. The smallest absolute Gasteiger partial charge is 0.407 e. The number of hydrogen-bond donors (Lipinski definition) is 4. The van der Waals surface area contributed by atoms with Crippen LogP contribution in [0.15, 0.2) is 24.3 Å². The molecule has 4 aliphatic rings. The number of nitrogens with one attached hydrogen (secondary N) is 4. The van der Waals surface area contributed by atoms with Crippen LogP contribution < -0.4 is 21.3 Å². The Hall–Kier alpha value is -4.58. The van der Waals surface area contributed by atoms with Crippen LogP contribution in [0.3, 0.4) is 0 Å². The summed E-state index contributed by atoms with van der Waals surface area (Å²) in [5.41, 5.74) is -0.994. The fourth-order valence-electron chi connectivity index (χ4n) is 9.26. The van der Waals surface area contributed by atoms with Gasteiger partial charge in [0.2, 0.25) is 0 Å². The number of amides is 4. The number of carbonyl (C=O) groups is 6. The monoisotopic (exact) mass is 836 g/mol. The van der Waals surface area contributed by atoms with Crippen LogP contribution in [0.1, 0.15) is 93.9 Å². The van der Waals surface area contributed by atoms with Crippen LogP contribution in [0.25, 0.3) is 0 Å². The zero-order valence-electron chi connectivity index (χ0n) is 35.8. The van der Waals surface area contributed by atoms with Gasteiger partial charge in [-0.15, -0.1) is 0 Å². The predicted octanol–water partition coefficient (Wildman–Crippen LogP) is 4.59. The van der Waals surface area contributed by atoms with Gasteiger partial charge >= 0.3 is 36.3 Å². The Morgan fingerprint density at radius 2 is 1.03 bits per heavy atom. The second kappa shape index (κ2) is 19.7. The third kappa shape index (κ3) is 14.6. The topological polar surface area (TPSA) is 224 Å². The van der Waals surface area contributed by atoms with Crippen LogP contribution in [-0.4, -0.2) is 125 Å². The van der Waals surface area contributed by atoms with Crippen molar-refractivity contribution in [3.8, 4) is 0 Å². The molecule has 0 radical (unpaired) electrons. The van der Waals surface area contributed by atoms with Gasteiger partial charge in [0.1, 0.15) is 38.6 Å². The van der Waals surface area contributed by atoms with Crippen LogP contribution in [-0.2, 0) is 47.5 Å². The number of fused-ring (bicyclic) bond motifs is 1. The maximum atomic E-state index is 13.2. The summed E-state index contributed by atoms with van der Waals surface area (Å²) in [5, 5.41) is 11.7. The molecule has 4 fully saturated rings.